The zero-order valence-electron chi connectivity index (χ0n) is 17.8. The molecule has 1 saturated carbocycles. The first-order valence-corrected chi connectivity index (χ1v) is 12.9. The van der Waals surface area contributed by atoms with Gasteiger partial charge in [0.1, 0.15) is 10.6 Å². The predicted molar refractivity (Wildman–Crippen MR) is 144 cm³/mol. The van der Waals surface area contributed by atoms with Crippen LogP contribution in [0.2, 0.25) is 15.1 Å². The van der Waals surface area contributed by atoms with Crippen molar-refractivity contribution < 1.29 is 18.4 Å². The molecule has 1 aliphatic carbocycles. The van der Waals surface area contributed by atoms with E-state index in [1.165, 1.54) is 18.2 Å². The summed E-state index contributed by atoms with van der Waals surface area (Å²) in [6.07, 6.45) is 0.684. The van der Waals surface area contributed by atoms with Gasteiger partial charge in [-0.15, -0.1) is 0 Å². The van der Waals surface area contributed by atoms with Crippen molar-refractivity contribution in [3.63, 3.8) is 0 Å². The van der Waals surface area contributed by atoms with E-state index in [4.69, 9.17) is 58.0 Å². The lowest BCUT2D eigenvalue weighted by molar-refractivity contribution is -0.112. The van der Waals surface area contributed by atoms with Crippen LogP contribution in [0.5, 0.6) is 0 Å². The van der Waals surface area contributed by atoms with Crippen LogP contribution in [0.25, 0.3) is 0 Å². The quantitative estimate of drug-likeness (QED) is 0.152. The molecule has 1 aliphatic rings. The molecule has 2 N–H and O–H groups in total. The normalized spacial score (nSPS) is 20.1. The molecule has 1 amide bonds. The third kappa shape index (κ3) is 5.06. The highest BCUT2D eigenvalue weighted by Gasteiger charge is 2.76. The number of halogens is 8. The molecule has 0 aliphatic heterocycles. The number of carbonyl (C=O) groups is 2. The van der Waals surface area contributed by atoms with Gasteiger partial charge in [0.2, 0.25) is 0 Å². The summed E-state index contributed by atoms with van der Waals surface area (Å²) in [7, 11) is 0. The molecule has 4 nitrogen and oxygen atoms in total. The van der Waals surface area contributed by atoms with Crippen molar-refractivity contribution >= 4 is 97.5 Å². The van der Waals surface area contributed by atoms with E-state index in [-0.39, 0.29) is 27.3 Å². The minimum Gasteiger partial charge on any atom is -0.384 e. The summed E-state index contributed by atoms with van der Waals surface area (Å²) >= 11 is 34.4. The second-order valence-corrected chi connectivity index (χ2v) is 11.7. The van der Waals surface area contributed by atoms with Gasteiger partial charge in [-0.2, -0.15) is 0 Å². The first-order valence-electron chi connectivity index (χ1n) is 10.2. The molecule has 36 heavy (non-hydrogen) atoms. The summed E-state index contributed by atoms with van der Waals surface area (Å²) in [6.45, 7) is 0.0249. The van der Waals surface area contributed by atoms with Crippen LogP contribution < -0.4 is 10.6 Å². The molecule has 0 aromatic heterocycles. The molecule has 0 bridgehead atoms. The van der Waals surface area contributed by atoms with Gasteiger partial charge in [-0.05, 0) is 64.0 Å². The molecule has 12 heteroatoms. The molecule has 3 aromatic rings. The number of rotatable bonds is 7. The first kappa shape index (κ1) is 27.4. The van der Waals surface area contributed by atoms with Crippen LogP contribution in [-0.2, 0) is 4.79 Å². The van der Waals surface area contributed by atoms with E-state index in [2.05, 4.69) is 26.6 Å². The fourth-order valence-corrected chi connectivity index (χ4v) is 6.17. The Morgan fingerprint density at radius 1 is 1.00 bits per heavy atom. The molecule has 0 saturated heterocycles. The van der Waals surface area contributed by atoms with Gasteiger partial charge >= 0.3 is 0 Å². The van der Waals surface area contributed by atoms with Crippen LogP contribution >= 0.6 is 73.9 Å². The maximum Gasteiger partial charge on any atom is 0.257 e. The third-order valence-electron chi connectivity index (χ3n) is 5.88. The number of alkyl halides is 2. The van der Waals surface area contributed by atoms with Crippen molar-refractivity contribution in [1.82, 2.24) is 0 Å². The lowest BCUT2D eigenvalue weighted by Crippen LogP contribution is -2.23. The average molecular weight is 658 g/mol. The molecule has 1 fully saturated rings. The lowest BCUT2D eigenvalue weighted by atomic mass is 10.00. The Balaban J connectivity index is 1.54. The average Bonchev–Trinajstić information content (AvgIpc) is 3.30. The van der Waals surface area contributed by atoms with E-state index < -0.39 is 33.2 Å². The molecular weight excluding hydrogens is 643 g/mol. The highest BCUT2D eigenvalue weighted by Crippen LogP contribution is 2.73. The number of hydrogen-bond donors (Lipinski definition) is 2. The van der Waals surface area contributed by atoms with Crippen molar-refractivity contribution in [2.75, 3.05) is 17.2 Å². The number of aldehydes is 1. The molecule has 0 radical (unpaired) electrons. The van der Waals surface area contributed by atoms with Crippen LogP contribution in [-0.4, -0.2) is 23.1 Å². The Labute approximate surface area is 238 Å². The topological polar surface area (TPSA) is 58.2 Å². The van der Waals surface area contributed by atoms with Crippen molar-refractivity contribution in [1.29, 1.82) is 0 Å². The van der Waals surface area contributed by atoms with Gasteiger partial charge in [0, 0.05) is 39.9 Å². The molecule has 2 atom stereocenters. The zero-order valence-corrected chi connectivity index (χ0v) is 23.2. The molecule has 2 unspecified atom stereocenters. The van der Waals surface area contributed by atoms with E-state index in [1.807, 2.05) is 0 Å². The summed E-state index contributed by atoms with van der Waals surface area (Å²) in [4.78, 5) is 25.0. The summed E-state index contributed by atoms with van der Waals surface area (Å²) in [5.74, 6) is -3.45. The lowest BCUT2D eigenvalue weighted by Gasteiger charge is -2.15. The van der Waals surface area contributed by atoms with E-state index in [0.29, 0.717) is 27.6 Å². The van der Waals surface area contributed by atoms with Crippen molar-refractivity contribution in [2.45, 2.75) is 10.3 Å². The molecule has 0 heterocycles. The predicted octanol–water partition coefficient (Wildman–Crippen LogP) is 8.51. The van der Waals surface area contributed by atoms with Crippen LogP contribution in [0.15, 0.2) is 53.0 Å². The van der Waals surface area contributed by atoms with Gasteiger partial charge in [0.15, 0.2) is 11.6 Å². The largest absolute Gasteiger partial charge is 0.384 e. The fraction of sp³-hybridized carbons (Fsp3) is 0.167. The van der Waals surface area contributed by atoms with Gasteiger partial charge in [-0.1, -0.05) is 58.0 Å². The minimum atomic E-state index is -1.43. The van der Waals surface area contributed by atoms with Crippen molar-refractivity contribution in [3.8, 4) is 0 Å². The van der Waals surface area contributed by atoms with Gasteiger partial charge < -0.3 is 15.4 Å². The fourth-order valence-electron chi connectivity index (χ4n) is 4.02. The summed E-state index contributed by atoms with van der Waals surface area (Å²) in [6, 6.07) is 11.4. The van der Waals surface area contributed by atoms with Gasteiger partial charge in [0.25, 0.3) is 5.91 Å². The second-order valence-electron chi connectivity index (χ2n) is 8.17. The number of carbonyl (C=O) groups excluding carboxylic acids is 2. The van der Waals surface area contributed by atoms with E-state index in [1.54, 1.807) is 24.3 Å². The van der Waals surface area contributed by atoms with Crippen LogP contribution in [0.1, 0.15) is 21.8 Å². The maximum atomic E-state index is 13.7. The molecule has 4 rings (SSSR count). The molecular formula is C24H14BrCl5F2N2O2. The minimum absolute atomic E-state index is 0.0233. The number of hydrogen-bond acceptors (Lipinski definition) is 3. The summed E-state index contributed by atoms with van der Waals surface area (Å²) in [5, 5.41) is 6.42. The van der Waals surface area contributed by atoms with Crippen LogP contribution in [0.3, 0.4) is 0 Å². The summed E-state index contributed by atoms with van der Waals surface area (Å²) < 4.78 is 25.6. The van der Waals surface area contributed by atoms with Crippen molar-refractivity contribution in [3.05, 3.63) is 90.8 Å². The zero-order chi connectivity index (χ0) is 26.4. The van der Waals surface area contributed by atoms with E-state index >= 15 is 0 Å². The maximum absolute atomic E-state index is 13.7. The van der Waals surface area contributed by atoms with Gasteiger partial charge in [0.05, 0.1) is 20.5 Å². The smallest absolute Gasteiger partial charge is 0.257 e. The Morgan fingerprint density at radius 2 is 1.67 bits per heavy atom. The standard InChI is InChI=1S/C24H14BrCl5F2N2O2/c25-17-7-15(8-19(31)20(17)32)34-22(36)16-6-14(1-2-18(16)28)33-9-23(10-35)21(24(23,29)30)11-3-12(26)5-13(27)4-11/h1-8,10,21,33H,9H2,(H,34,36). The molecule has 188 valence electrons. The van der Waals surface area contributed by atoms with E-state index in [9.17, 15) is 18.4 Å². The Kier molecular flexibility index (Phi) is 7.83. The molecule has 3 aromatic carbocycles. The highest BCUT2D eigenvalue weighted by molar-refractivity contribution is 9.10. The Hall–Kier alpha value is -1.61. The van der Waals surface area contributed by atoms with E-state index in [0.717, 1.165) is 6.07 Å². The van der Waals surface area contributed by atoms with Crippen molar-refractivity contribution in [2.24, 2.45) is 5.41 Å². The number of benzene rings is 3. The Bertz CT molecular complexity index is 1350. The number of anilines is 2. The number of nitrogens with one attached hydrogen (secondary N) is 2. The third-order valence-corrected chi connectivity index (χ3v) is 8.36. The summed E-state index contributed by atoms with van der Waals surface area (Å²) in [5.41, 5.74) is -0.0735. The first-order chi connectivity index (χ1) is 16.9. The second kappa shape index (κ2) is 10.3. The SMILES string of the molecule is O=CC1(CNc2ccc(Cl)c(C(=O)Nc3cc(F)c(F)c(Br)c3)c2)C(c2cc(Cl)cc(Cl)c2)C1(Cl)Cl. The highest BCUT2D eigenvalue weighted by atomic mass is 79.9. The Morgan fingerprint density at radius 3 is 2.28 bits per heavy atom. The van der Waals surface area contributed by atoms with Gasteiger partial charge in [-0.25, -0.2) is 8.78 Å². The molecule has 0 spiro atoms. The van der Waals surface area contributed by atoms with Gasteiger partial charge in [-0.3, -0.25) is 4.79 Å². The number of amides is 1. The van der Waals surface area contributed by atoms with Crippen LogP contribution in [0, 0.1) is 17.0 Å². The van der Waals surface area contributed by atoms with Crippen LogP contribution in [0.4, 0.5) is 20.2 Å². The monoisotopic (exact) mass is 654 g/mol.